The van der Waals surface area contributed by atoms with E-state index >= 15 is 0 Å². The molecule has 0 atom stereocenters. The van der Waals surface area contributed by atoms with Crippen molar-refractivity contribution in [1.29, 1.82) is 0 Å². The molecule has 0 saturated heterocycles. The van der Waals surface area contributed by atoms with Gasteiger partial charge in [-0.2, -0.15) is 0 Å². The van der Waals surface area contributed by atoms with Crippen LogP contribution >= 0.6 is 0 Å². The lowest BCUT2D eigenvalue weighted by molar-refractivity contribution is 0.794. The average Bonchev–Trinajstić information content (AvgIpc) is 1.52. The summed E-state index contributed by atoms with van der Waals surface area (Å²) in [5.41, 5.74) is 36.1. The van der Waals surface area contributed by atoms with Crippen LogP contribution in [0.1, 0.15) is 44.5 Å². The highest BCUT2D eigenvalue weighted by Gasteiger charge is 2.54. The lowest BCUT2D eigenvalue weighted by Crippen LogP contribution is -2.26. The summed E-state index contributed by atoms with van der Waals surface area (Å²) in [6.07, 6.45) is 0. The van der Waals surface area contributed by atoms with Crippen LogP contribution in [-0.2, 0) is 10.8 Å². The van der Waals surface area contributed by atoms with Crippen molar-refractivity contribution in [2.75, 3.05) is 9.80 Å². The van der Waals surface area contributed by atoms with Gasteiger partial charge in [0, 0.05) is 45.3 Å². The predicted molar refractivity (Wildman–Crippen MR) is 403 cm³/mol. The van der Waals surface area contributed by atoms with Crippen LogP contribution in [0, 0.1) is 0 Å². The monoisotopic (exact) mass is 1240 g/mol. The van der Waals surface area contributed by atoms with E-state index in [2.05, 4.69) is 362 Å². The van der Waals surface area contributed by atoms with Gasteiger partial charge in [0.25, 0.3) is 0 Å². The second-order valence-electron chi connectivity index (χ2n) is 26.2. The minimum atomic E-state index is -0.559. The number of nitrogens with zero attached hydrogens (tertiary/aromatic N) is 4. The molecule has 2 spiro atoms. The smallest absolute Gasteiger partial charge is 0.0973 e. The Labute approximate surface area is 570 Å². The average molecular weight is 1250 g/mol. The van der Waals surface area contributed by atoms with E-state index in [9.17, 15) is 0 Å². The van der Waals surface area contributed by atoms with Gasteiger partial charge in [-0.15, -0.1) is 0 Å². The first-order valence-corrected chi connectivity index (χ1v) is 33.9. The van der Waals surface area contributed by atoms with Gasteiger partial charge < -0.3 is 9.80 Å². The van der Waals surface area contributed by atoms with Gasteiger partial charge >= 0.3 is 0 Å². The van der Waals surface area contributed by atoms with E-state index in [1.165, 1.54) is 89.0 Å². The summed E-state index contributed by atoms with van der Waals surface area (Å²) >= 11 is 0. The standard InChI is InChI=1S/C94H60N4/c1-5-23-67(24-6-1)97(68-25-7-2-8-26-68)71-51-55-79-77-53-49-65(57-85(77)93(87(79)59-71)81-35-17-13-31-73(81)74-32-14-18-36-82(74)93)61-41-45-63(46-42-61)91-92(96-90-40-22-21-39-89(90)95-91)64-47-43-62(44-48-64)66-50-54-78-80-56-52-72(98(69-27-9-3-10-28-69)70-29-11-4-12-30-70)60-88(80)94(86(78)58-66)83-37-19-15-33-75(83)76-34-16-20-38-84(76)94/h1-60H. The highest BCUT2D eigenvalue weighted by molar-refractivity contribution is 6.00. The van der Waals surface area contributed by atoms with Gasteiger partial charge in [0.2, 0.25) is 0 Å². The van der Waals surface area contributed by atoms with Gasteiger partial charge in [-0.25, -0.2) is 9.97 Å². The third-order valence-corrected chi connectivity index (χ3v) is 21.3. The molecular weight excluding hydrogens is 1190 g/mol. The molecular formula is C94H60N4. The molecule has 1 aromatic heterocycles. The van der Waals surface area contributed by atoms with E-state index < -0.39 is 10.8 Å². The Hall–Kier alpha value is -12.8. The van der Waals surface area contributed by atoms with Crippen LogP contribution in [-0.4, -0.2) is 9.97 Å². The third kappa shape index (κ3) is 8.19. The molecule has 1 heterocycles. The molecule has 0 bridgehead atoms. The van der Waals surface area contributed by atoms with Crippen LogP contribution in [0.25, 0.3) is 100 Å². The topological polar surface area (TPSA) is 32.3 Å². The van der Waals surface area contributed by atoms with Crippen molar-refractivity contribution in [1.82, 2.24) is 9.97 Å². The van der Waals surface area contributed by atoms with Crippen molar-refractivity contribution in [2.24, 2.45) is 0 Å². The van der Waals surface area contributed by atoms with E-state index in [0.717, 1.165) is 89.9 Å². The number of fused-ring (bicyclic) bond motifs is 21. The Morgan fingerprint density at radius 2 is 0.418 bits per heavy atom. The molecule has 98 heavy (non-hydrogen) atoms. The fourth-order valence-electron chi connectivity index (χ4n) is 17.1. The van der Waals surface area contributed by atoms with E-state index in [1.807, 2.05) is 12.1 Å². The highest BCUT2D eigenvalue weighted by atomic mass is 15.1. The van der Waals surface area contributed by atoms with Crippen molar-refractivity contribution >= 4 is 45.2 Å². The molecule has 16 aromatic rings. The summed E-state index contributed by atoms with van der Waals surface area (Å²) in [4.78, 5) is 15.7. The SMILES string of the molecule is c1ccc(N(c2ccccc2)c2ccc3c(c2)C2(c4ccccc4-c4ccccc42)c2cc(-c4ccc(-c5nc6ccccc6nc5-c5ccc(-c6ccc7c(c6)C6(c8ccccc8-c8ccccc86)c6cc(N(c8ccccc8)c8ccccc8)ccc6-7)cc5)cc4)ccc2-3)cc1. The van der Waals surface area contributed by atoms with E-state index in [4.69, 9.17) is 9.97 Å². The Morgan fingerprint density at radius 1 is 0.173 bits per heavy atom. The molecule has 4 aliphatic rings. The summed E-state index contributed by atoms with van der Waals surface area (Å²) in [6, 6.07) is 134. The zero-order valence-corrected chi connectivity index (χ0v) is 53.4. The minimum absolute atomic E-state index is 0.559. The molecule has 0 N–H and O–H groups in total. The van der Waals surface area contributed by atoms with Gasteiger partial charge in [0.15, 0.2) is 0 Å². The number of aromatic nitrogens is 2. The van der Waals surface area contributed by atoms with Gasteiger partial charge in [-0.05, 0) is 208 Å². The summed E-state index contributed by atoms with van der Waals surface area (Å²) < 4.78 is 0. The molecule has 456 valence electrons. The fourth-order valence-corrected chi connectivity index (χ4v) is 17.1. The maximum Gasteiger partial charge on any atom is 0.0973 e. The largest absolute Gasteiger partial charge is 0.310 e. The molecule has 0 fully saturated rings. The Kier molecular flexibility index (Phi) is 12.4. The number of hydrogen-bond acceptors (Lipinski definition) is 4. The highest BCUT2D eigenvalue weighted by Crippen LogP contribution is 2.66. The summed E-state index contributed by atoms with van der Waals surface area (Å²) in [5.74, 6) is 0. The van der Waals surface area contributed by atoms with E-state index in [1.54, 1.807) is 0 Å². The molecule has 0 saturated carbocycles. The van der Waals surface area contributed by atoms with Gasteiger partial charge in [0.1, 0.15) is 0 Å². The molecule has 4 aliphatic carbocycles. The van der Waals surface area contributed by atoms with Crippen LogP contribution in [0.4, 0.5) is 34.1 Å². The Morgan fingerprint density at radius 3 is 0.745 bits per heavy atom. The number of benzene rings is 15. The summed E-state index contributed by atoms with van der Waals surface area (Å²) in [5, 5.41) is 0. The molecule has 0 unspecified atom stereocenters. The molecule has 0 aliphatic heterocycles. The third-order valence-electron chi connectivity index (χ3n) is 21.3. The van der Waals surface area contributed by atoms with Crippen molar-refractivity contribution in [2.45, 2.75) is 10.8 Å². The van der Waals surface area contributed by atoms with Gasteiger partial charge in [-0.3, -0.25) is 0 Å². The van der Waals surface area contributed by atoms with Gasteiger partial charge in [0.05, 0.1) is 33.3 Å². The molecule has 0 amide bonds. The second-order valence-corrected chi connectivity index (χ2v) is 26.2. The summed E-state index contributed by atoms with van der Waals surface area (Å²) in [6.45, 7) is 0. The van der Waals surface area contributed by atoms with Crippen molar-refractivity contribution in [3.8, 4) is 89.3 Å². The Balaban J connectivity index is 0.675. The van der Waals surface area contributed by atoms with E-state index in [-0.39, 0.29) is 0 Å². The first kappa shape index (κ1) is 55.7. The zero-order valence-electron chi connectivity index (χ0n) is 53.4. The molecule has 0 radical (unpaired) electrons. The van der Waals surface area contributed by atoms with Crippen LogP contribution in [0.3, 0.4) is 0 Å². The maximum absolute atomic E-state index is 5.44. The molecule has 4 nitrogen and oxygen atoms in total. The first-order chi connectivity index (χ1) is 48.6. The number of para-hydroxylation sites is 6. The summed E-state index contributed by atoms with van der Waals surface area (Å²) in [7, 11) is 0. The normalized spacial score (nSPS) is 13.3. The van der Waals surface area contributed by atoms with Crippen molar-refractivity contribution in [3.05, 3.63) is 408 Å². The molecule has 20 rings (SSSR count). The van der Waals surface area contributed by atoms with E-state index in [0.29, 0.717) is 0 Å². The molecule has 15 aromatic carbocycles. The van der Waals surface area contributed by atoms with Crippen molar-refractivity contribution in [3.63, 3.8) is 0 Å². The molecule has 4 heteroatoms. The maximum atomic E-state index is 5.44. The van der Waals surface area contributed by atoms with Crippen LogP contribution in [0.2, 0.25) is 0 Å². The van der Waals surface area contributed by atoms with Crippen LogP contribution in [0.5, 0.6) is 0 Å². The zero-order chi connectivity index (χ0) is 64.5. The van der Waals surface area contributed by atoms with Crippen molar-refractivity contribution < 1.29 is 0 Å². The van der Waals surface area contributed by atoms with Crippen LogP contribution in [0.15, 0.2) is 364 Å². The minimum Gasteiger partial charge on any atom is -0.310 e. The fraction of sp³-hybridized carbons (Fsp3) is 0.0213. The second kappa shape index (κ2) is 21.9. The Bertz CT molecular complexity index is 5330. The van der Waals surface area contributed by atoms with Gasteiger partial charge in [-0.1, -0.05) is 267 Å². The first-order valence-electron chi connectivity index (χ1n) is 33.9. The number of rotatable bonds is 10. The lowest BCUT2D eigenvalue weighted by Gasteiger charge is -2.32. The lowest BCUT2D eigenvalue weighted by atomic mass is 9.70. The predicted octanol–water partition coefficient (Wildman–Crippen LogP) is 23.9. The number of hydrogen-bond donors (Lipinski definition) is 0. The quantitative estimate of drug-likeness (QED) is 0.137. The van der Waals surface area contributed by atoms with Crippen LogP contribution < -0.4 is 9.80 Å². The number of anilines is 6.